The maximum absolute atomic E-state index is 12.5. The van der Waals surface area contributed by atoms with Gasteiger partial charge in [-0.05, 0) is 53.3 Å². The van der Waals surface area contributed by atoms with Crippen LogP contribution in [-0.2, 0) is 0 Å². The van der Waals surface area contributed by atoms with Crippen molar-refractivity contribution in [1.29, 1.82) is 0 Å². The number of nitrogens with two attached hydrogens (primary N) is 1. The van der Waals surface area contributed by atoms with Crippen LogP contribution in [0.2, 0.25) is 0 Å². The molecule has 27 heavy (non-hydrogen) atoms. The summed E-state index contributed by atoms with van der Waals surface area (Å²) in [4.78, 5) is 12.5. The lowest BCUT2D eigenvalue weighted by atomic mass is 10.0. The molecule has 0 aromatic heterocycles. The number of benzene rings is 3. The number of hydrogen-bond acceptors (Lipinski definition) is 5. The molecule has 3 N–H and O–H groups in total. The number of carbonyl (C=O) groups excluding carboxylic acids is 1. The smallest absolute Gasteiger partial charge is 0.343 e. The highest BCUT2D eigenvalue weighted by Crippen LogP contribution is 2.27. The predicted octanol–water partition coefficient (Wildman–Crippen LogP) is 3.23. The summed E-state index contributed by atoms with van der Waals surface area (Å²) in [6.45, 7) is 0. The van der Waals surface area contributed by atoms with E-state index < -0.39 is 5.97 Å². The molecule has 0 aliphatic heterocycles. The third-order valence-electron chi connectivity index (χ3n) is 3.83. The summed E-state index contributed by atoms with van der Waals surface area (Å²) >= 11 is 4.75. The lowest BCUT2D eigenvalue weighted by Crippen LogP contribution is -2.24. The summed E-state index contributed by atoms with van der Waals surface area (Å²) < 4.78 is 10.7. The molecule has 3 rings (SSSR count). The Morgan fingerprint density at radius 1 is 1.11 bits per heavy atom. The van der Waals surface area contributed by atoms with Gasteiger partial charge in [-0.1, -0.05) is 30.3 Å². The van der Waals surface area contributed by atoms with E-state index in [1.165, 1.54) is 6.21 Å². The van der Waals surface area contributed by atoms with Crippen LogP contribution in [0, 0.1) is 0 Å². The lowest BCUT2D eigenvalue weighted by molar-refractivity contribution is 0.0734. The first-order valence-electron chi connectivity index (χ1n) is 8.05. The molecule has 3 aromatic carbocycles. The van der Waals surface area contributed by atoms with Crippen LogP contribution < -0.4 is 20.6 Å². The van der Waals surface area contributed by atoms with Crippen molar-refractivity contribution in [3.8, 4) is 11.5 Å². The monoisotopic (exact) mass is 379 g/mol. The first-order chi connectivity index (χ1) is 13.1. The number of thiocarbonyl (C=S) groups is 1. The van der Waals surface area contributed by atoms with Gasteiger partial charge in [0.05, 0.1) is 18.9 Å². The van der Waals surface area contributed by atoms with E-state index in [0.29, 0.717) is 22.6 Å². The number of hydrogen-bond donors (Lipinski definition) is 2. The molecule has 0 saturated heterocycles. The average molecular weight is 379 g/mol. The number of methoxy groups -OCH3 is 1. The number of hydrazone groups is 1. The Kier molecular flexibility index (Phi) is 5.63. The largest absolute Gasteiger partial charge is 0.497 e. The van der Waals surface area contributed by atoms with Crippen LogP contribution in [0.1, 0.15) is 15.9 Å². The van der Waals surface area contributed by atoms with E-state index >= 15 is 0 Å². The summed E-state index contributed by atoms with van der Waals surface area (Å²) in [5.74, 6) is 0.557. The second kappa shape index (κ2) is 8.29. The first-order valence-corrected chi connectivity index (χ1v) is 8.46. The van der Waals surface area contributed by atoms with E-state index in [0.717, 1.165) is 10.8 Å². The van der Waals surface area contributed by atoms with Gasteiger partial charge in [0.25, 0.3) is 0 Å². The number of fused-ring (bicyclic) bond motifs is 1. The molecule has 0 amide bonds. The highest BCUT2D eigenvalue weighted by Gasteiger charge is 2.13. The molecule has 0 unspecified atom stereocenters. The number of nitrogens with zero attached hydrogens (tertiary/aromatic N) is 1. The number of esters is 1. The standard InChI is InChI=1S/C20H17N3O3S/c1-25-15-9-6-14(7-10-15)19(24)26-18-11-8-13-4-2-3-5-16(13)17(18)12-22-23-20(21)27/h2-12H,1H3,(H3,21,23,27)/b22-12-. The molecule has 0 radical (unpaired) electrons. The van der Waals surface area contributed by atoms with E-state index in [2.05, 4.69) is 10.5 Å². The molecule has 0 bridgehead atoms. The third-order valence-corrected chi connectivity index (χ3v) is 3.92. The molecule has 3 aromatic rings. The zero-order valence-electron chi connectivity index (χ0n) is 14.5. The zero-order chi connectivity index (χ0) is 19.2. The molecule has 0 atom stereocenters. The summed E-state index contributed by atoms with van der Waals surface area (Å²) in [5, 5.41) is 5.92. The van der Waals surface area contributed by atoms with Gasteiger partial charge in [-0.15, -0.1) is 0 Å². The van der Waals surface area contributed by atoms with Crippen molar-refractivity contribution >= 4 is 40.3 Å². The van der Waals surface area contributed by atoms with Crippen molar-refractivity contribution in [3.63, 3.8) is 0 Å². The Hall–Kier alpha value is -3.45. The SMILES string of the molecule is COc1ccc(C(=O)Oc2ccc3ccccc3c2/C=N\NC(N)=S)cc1. The van der Waals surface area contributed by atoms with Crippen molar-refractivity contribution in [1.82, 2.24) is 5.43 Å². The van der Waals surface area contributed by atoms with Crippen LogP contribution in [-0.4, -0.2) is 24.4 Å². The number of ether oxygens (including phenoxy) is 2. The van der Waals surface area contributed by atoms with Gasteiger partial charge in [-0.2, -0.15) is 5.10 Å². The lowest BCUT2D eigenvalue weighted by Gasteiger charge is -2.11. The first kappa shape index (κ1) is 18.3. The van der Waals surface area contributed by atoms with Gasteiger partial charge in [0, 0.05) is 5.56 Å². The molecule has 7 heteroatoms. The normalized spacial score (nSPS) is 10.7. The van der Waals surface area contributed by atoms with Gasteiger partial charge >= 0.3 is 5.97 Å². The van der Waals surface area contributed by atoms with E-state index in [1.807, 2.05) is 30.3 Å². The minimum absolute atomic E-state index is 0.0447. The summed E-state index contributed by atoms with van der Waals surface area (Å²) in [6, 6.07) is 18.0. The average Bonchev–Trinajstić information content (AvgIpc) is 2.69. The molecule has 0 saturated carbocycles. The fourth-order valence-electron chi connectivity index (χ4n) is 2.54. The number of carbonyl (C=O) groups is 1. The quantitative estimate of drug-likeness (QED) is 0.233. The molecule has 6 nitrogen and oxygen atoms in total. The van der Waals surface area contributed by atoms with Crippen molar-refractivity contribution in [2.45, 2.75) is 0 Å². The van der Waals surface area contributed by atoms with Crippen LogP contribution in [0.3, 0.4) is 0 Å². The molecule has 0 spiro atoms. The minimum Gasteiger partial charge on any atom is -0.497 e. The Morgan fingerprint density at radius 3 is 2.56 bits per heavy atom. The van der Waals surface area contributed by atoms with E-state index in [-0.39, 0.29) is 5.11 Å². The van der Waals surface area contributed by atoms with Gasteiger partial charge in [0.2, 0.25) is 0 Å². The maximum Gasteiger partial charge on any atom is 0.343 e. The molecular weight excluding hydrogens is 362 g/mol. The molecule has 0 fully saturated rings. The summed E-state index contributed by atoms with van der Waals surface area (Å²) in [6.07, 6.45) is 1.53. The molecule has 0 aliphatic rings. The van der Waals surface area contributed by atoms with Crippen molar-refractivity contribution in [3.05, 3.63) is 71.8 Å². The van der Waals surface area contributed by atoms with Crippen LogP contribution in [0.15, 0.2) is 65.8 Å². The third kappa shape index (κ3) is 4.39. The Morgan fingerprint density at radius 2 is 1.85 bits per heavy atom. The highest BCUT2D eigenvalue weighted by molar-refractivity contribution is 7.80. The fraction of sp³-hybridized carbons (Fsp3) is 0.0500. The van der Waals surface area contributed by atoms with Gasteiger partial charge < -0.3 is 15.2 Å². The van der Waals surface area contributed by atoms with E-state index in [4.69, 9.17) is 27.4 Å². The summed E-state index contributed by atoms with van der Waals surface area (Å²) in [7, 11) is 1.56. The molecule has 136 valence electrons. The van der Waals surface area contributed by atoms with Gasteiger partial charge in [-0.25, -0.2) is 4.79 Å². The maximum atomic E-state index is 12.5. The minimum atomic E-state index is -0.482. The number of rotatable bonds is 5. The molecule has 0 heterocycles. The van der Waals surface area contributed by atoms with Gasteiger partial charge in [0.1, 0.15) is 11.5 Å². The Bertz CT molecular complexity index is 1020. The number of nitrogens with one attached hydrogen (secondary N) is 1. The van der Waals surface area contributed by atoms with Crippen molar-refractivity contribution in [2.24, 2.45) is 10.8 Å². The fourth-order valence-corrected chi connectivity index (χ4v) is 2.60. The summed E-state index contributed by atoms with van der Waals surface area (Å²) in [5.41, 5.74) is 8.95. The topological polar surface area (TPSA) is 85.9 Å². The van der Waals surface area contributed by atoms with E-state index in [9.17, 15) is 4.79 Å². The van der Waals surface area contributed by atoms with Crippen molar-refractivity contribution in [2.75, 3.05) is 7.11 Å². The van der Waals surface area contributed by atoms with Gasteiger partial charge in [-0.3, -0.25) is 5.43 Å². The van der Waals surface area contributed by atoms with Crippen LogP contribution in [0.25, 0.3) is 10.8 Å². The van der Waals surface area contributed by atoms with Gasteiger partial charge in [0.15, 0.2) is 5.11 Å². The highest BCUT2D eigenvalue weighted by atomic mass is 32.1. The van der Waals surface area contributed by atoms with Crippen molar-refractivity contribution < 1.29 is 14.3 Å². The Balaban J connectivity index is 1.95. The molecular formula is C20H17N3O3S. The predicted molar refractivity (Wildman–Crippen MR) is 109 cm³/mol. The second-order valence-electron chi connectivity index (χ2n) is 5.55. The van der Waals surface area contributed by atoms with Crippen LogP contribution >= 0.6 is 12.2 Å². The molecule has 0 aliphatic carbocycles. The van der Waals surface area contributed by atoms with Crippen LogP contribution in [0.5, 0.6) is 11.5 Å². The van der Waals surface area contributed by atoms with Crippen LogP contribution in [0.4, 0.5) is 0 Å². The second-order valence-corrected chi connectivity index (χ2v) is 5.99. The van der Waals surface area contributed by atoms with E-state index in [1.54, 1.807) is 37.4 Å². The Labute approximate surface area is 161 Å². The zero-order valence-corrected chi connectivity index (χ0v) is 15.3.